The molecule has 0 aromatic heterocycles. The number of rotatable bonds is 3. The molecule has 0 spiro atoms. The summed E-state index contributed by atoms with van der Waals surface area (Å²) in [7, 11) is 0. The lowest BCUT2D eigenvalue weighted by atomic mass is 9.85. The highest BCUT2D eigenvalue weighted by atomic mass is 16.5. The number of anilines is 1. The molecule has 1 aromatic rings. The molecule has 4 unspecified atom stereocenters. The number of carbonyl (C=O) groups is 3. The maximum absolute atomic E-state index is 12.7. The molecule has 5 heteroatoms. The van der Waals surface area contributed by atoms with Crippen molar-refractivity contribution in [3.05, 3.63) is 42.0 Å². The highest BCUT2D eigenvalue weighted by Crippen LogP contribution is 2.53. The van der Waals surface area contributed by atoms with Gasteiger partial charge in [-0.3, -0.25) is 9.59 Å². The standard InChI is InChI=1S/C18H17NO4/c1-2-23-18(22)12-4-3-5-13(9-12)19-16(20)14-10-6-7-11(8-10)15(14)17(19)21/h3-7,9-11,14-15H,2,8H2,1H3. The van der Waals surface area contributed by atoms with Gasteiger partial charge in [0, 0.05) is 0 Å². The largest absolute Gasteiger partial charge is 0.462 e. The minimum Gasteiger partial charge on any atom is -0.462 e. The van der Waals surface area contributed by atoms with Crippen LogP contribution in [0.2, 0.25) is 0 Å². The fourth-order valence-corrected chi connectivity index (χ4v) is 4.14. The number of hydrogen-bond donors (Lipinski definition) is 0. The average molecular weight is 311 g/mol. The van der Waals surface area contributed by atoms with Crippen molar-refractivity contribution in [2.75, 3.05) is 11.5 Å². The summed E-state index contributed by atoms with van der Waals surface area (Å²) in [5, 5.41) is 0. The van der Waals surface area contributed by atoms with Crippen LogP contribution in [0.3, 0.4) is 0 Å². The van der Waals surface area contributed by atoms with Crippen molar-refractivity contribution in [2.24, 2.45) is 23.7 Å². The average Bonchev–Trinajstić information content (AvgIpc) is 3.22. The van der Waals surface area contributed by atoms with E-state index in [0.29, 0.717) is 11.3 Å². The van der Waals surface area contributed by atoms with Gasteiger partial charge in [-0.05, 0) is 43.4 Å². The van der Waals surface area contributed by atoms with E-state index in [2.05, 4.69) is 12.2 Å². The lowest BCUT2D eigenvalue weighted by molar-refractivity contribution is -0.123. The number of fused-ring (bicyclic) bond motifs is 5. The molecule has 1 aliphatic heterocycles. The van der Waals surface area contributed by atoms with E-state index in [1.54, 1.807) is 31.2 Å². The third kappa shape index (κ3) is 1.96. The van der Waals surface area contributed by atoms with Crippen LogP contribution in [0.5, 0.6) is 0 Å². The van der Waals surface area contributed by atoms with Crippen LogP contribution in [0.4, 0.5) is 5.69 Å². The number of carbonyl (C=O) groups excluding carboxylic acids is 3. The molecule has 0 radical (unpaired) electrons. The maximum atomic E-state index is 12.7. The zero-order chi connectivity index (χ0) is 16.1. The monoisotopic (exact) mass is 311 g/mol. The van der Waals surface area contributed by atoms with Gasteiger partial charge in [0.25, 0.3) is 0 Å². The molecule has 2 fully saturated rings. The van der Waals surface area contributed by atoms with Crippen LogP contribution in [0, 0.1) is 23.7 Å². The Balaban J connectivity index is 1.67. The number of esters is 1. The van der Waals surface area contributed by atoms with Gasteiger partial charge in [-0.2, -0.15) is 0 Å². The topological polar surface area (TPSA) is 63.7 Å². The molecular formula is C18H17NO4. The van der Waals surface area contributed by atoms with Crippen molar-refractivity contribution < 1.29 is 19.1 Å². The van der Waals surface area contributed by atoms with E-state index in [9.17, 15) is 14.4 Å². The van der Waals surface area contributed by atoms with E-state index < -0.39 is 5.97 Å². The van der Waals surface area contributed by atoms with Gasteiger partial charge < -0.3 is 4.74 Å². The second kappa shape index (κ2) is 5.05. The van der Waals surface area contributed by atoms with Gasteiger partial charge in [-0.25, -0.2) is 9.69 Å². The van der Waals surface area contributed by atoms with E-state index in [1.165, 1.54) is 4.90 Å². The van der Waals surface area contributed by atoms with Crippen molar-refractivity contribution in [3.8, 4) is 0 Å². The summed E-state index contributed by atoms with van der Waals surface area (Å²) in [5.74, 6) is -0.835. The molecule has 118 valence electrons. The first kappa shape index (κ1) is 14.2. The normalized spacial score (nSPS) is 30.9. The third-order valence-corrected chi connectivity index (χ3v) is 5.09. The Morgan fingerprint density at radius 2 is 1.83 bits per heavy atom. The van der Waals surface area contributed by atoms with E-state index in [1.807, 2.05) is 0 Å². The summed E-state index contributed by atoms with van der Waals surface area (Å²) in [6, 6.07) is 6.54. The van der Waals surface area contributed by atoms with E-state index in [-0.39, 0.29) is 42.1 Å². The van der Waals surface area contributed by atoms with Crippen molar-refractivity contribution >= 4 is 23.5 Å². The molecule has 2 aliphatic carbocycles. The number of amides is 2. The van der Waals surface area contributed by atoms with Crippen LogP contribution >= 0.6 is 0 Å². The predicted molar refractivity (Wildman–Crippen MR) is 82.6 cm³/mol. The van der Waals surface area contributed by atoms with Crippen molar-refractivity contribution in [3.63, 3.8) is 0 Å². The second-order valence-electron chi connectivity index (χ2n) is 6.28. The first-order valence-electron chi connectivity index (χ1n) is 7.95. The summed E-state index contributed by atoms with van der Waals surface area (Å²) in [6.45, 7) is 2.02. The zero-order valence-corrected chi connectivity index (χ0v) is 12.8. The molecule has 4 atom stereocenters. The van der Waals surface area contributed by atoms with Crippen molar-refractivity contribution in [1.29, 1.82) is 0 Å². The minimum atomic E-state index is -0.449. The van der Waals surface area contributed by atoms with Gasteiger partial charge in [-0.1, -0.05) is 18.2 Å². The lowest BCUT2D eigenvalue weighted by Crippen LogP contribution is -2.33. The molecule has 4 rings (SSSR count). The Bertz CT molecular complexity index is 708. The number of imide groups is 1. The van der Waals surface area contributed by atoms with Crippen LogP contribution < -0.4 is 4.90 Å². The Kier molecular flexibility index (Phi) is 3.11. The number of hydrogen-bond acceptors (Lipinski definition) is 4. The number of ether oxygens (including phenoxy) is 1. The van der Waals surface area contributed by atoms with Crippen LogP contribution in [-0.4, -0.2) is 24.4 Å². The predicted octanol–water partition coefficient (Wildman–Crippen LogP) is 2.17. The van der Waals surface area contributed by atoms with Crippen molar-refractivity contribution in [2.45, 2.75) is 13.3 Å². The van der Waals surface area contributed by atoms with E-state index in [0.717, 1.165) is 6.42 Å². The van der Waals surface area contributed by atoms with Gasteiger partial charge in [-0.15, -0.1) is 0 Å². The van der Waals surface area contributed by atoms with Crippen LogP contribution in [0.1, 0.15) is 23.7 Å². The summed E-state index contributed by atoms with van der Waals surface area (Å²) < 4.78 is 4.98. The summed E-state index contributed by atoms with van der Waals surface area (Å²) in [5.41, 5.74) is 0.808. The molecule has 1 heterocycles. The zero-order valence-electron chi connectivity index (χ0n) is 12.8. The smallest absolute Gasteiger partial charge is 0.338 e. The Labute approximate surface area is 133 Å². The quantitative estimate of drug-likeness (QED) is 0.487. The lowest BCUT2D eigenvalue weighted by Gasteiger charge is -2.17. The molecule has 0 N–H and O–H groups in total. The fraction of sp³-hybridized carbons (Fsp3) is 0.389. The number of benzene rings is 1. The molecule has 2 amide bonds. The minimum absolute atomic E-state index is 0.141. The Morgan fingerprint density at radius 3 is 2.43 bits per heavy atom. The summed E-state index contributed by atoms with van der Waals surface area (Å²) in [4.78, 5) is 38.6. The van der Waals surface area contributed by atoms with E-state index in [4.69, 9.17) is 4.74 Å². The first-order chi connectivity index (χ1) is 11.1. The van der Waals surface area contributed by atoms with Crippen molar-refractivity contribution in [1.82, 2.24) is 0 Å². The molecule has 1 saturated heterocycles. The highest BCUT2D eigenvalue weighted by Gasteiger charge is 2.59. The van der Waals surface area contributed by atoms with Crippen LogP contribution in [-0.2, 0) is 14.3 Å². The van der Waals surface area contributed by atoms with Crippen LogP contribution in [0.15, 0.2) is 36.4 Å². The fourth-order valence-electron chi connectivity index (χ4n) is 4.14. The first-order valence-corrected chi connectivity index (χ1v) is 7.95. The van der Waals surface area contributed by atoms with Gasteiger partial charge in [0.05, 0.1) is 29.7 Å². The van der Waals surface area contributed by atoms with Crippen LogP contribution in [0.25, 0.3) is 0 Å². The SMILES string of the molecule is CCOC(=O)c1cccc(N2C(=O)C3C4C=CC(C4)C3C2=O)c1. The molecule has 1 saturated carbocycles. The summed E-state index contributed by atoms with van der Waals surface area (Å²) in [6.07, 6.45) is 5.04. The van der Waals surface area contributed by atoms with Gasteiger partial charge in [0.2, 0.25) is 11.8 Å². The molecule has 2 bridgehead atoms. The third-order valence-electron chi connectivity index (χ3n) is 5.09. The van der Waals surface area contributed by atoms with Gasteiger partial charge in [0.1, 0.15) is 0 Å². The summed E-state index contributed by atoms with van der Waals surface area (Å²) >= 11 is 0. The second-order valence-corrected chi connectivity index (χ2v) is 6.28. The van der Waals surface area contributed by atoms with Gasteiger partial charge in [0.15, 0.2) is 0 Å². The Morgan fingerprint density at radius 1 is 1.17 bits per heavy atom. The number of allylic oxidation sites excluding steroid dienone is 2. The highest BCUT2D eigenvalue weighted by molar-refractivity contribution is 6.23. The molecule has 1 aromatic carbocycles. The number of nitrogens with zero attached hydrogens (tertiary/aromatic N) is 1. The van der Waals surface area contributed by atoms with Gasteiger partial charge >= 0.3 is 5.97 Å². The Hall–Kier alpha value is -2.43. The molecule has 5 nitrogen and oxygen atoms in total. The molecule has 3 aliphatic rings. The molecular weight excluding hydrogens is 294 g/mol. The molecule has 23 heavy (non-hydrogen) atoms. The maximum Gasteiger partial charge on any atom is 0.338 e. The van der Waals surface area contributed by atoms with E-state index >= 15 is 0 Å².